The molecule has 0 radical (unpaired) electrons. The van der Waals surface area contributed by atoms with Gasteiger partial charge in [-0.1, -0.05) is 0 Å². The van der Waals surface area contributed by atoms with Gasteiger partial charge in [-0.2, -0.15) is 0 Å². The molecule has 3 atom stereocenters. The maximum Gasteiger partial charge on any atom is 0.293 e. The summed E-state index contributed by atoms with van der Waals surface area (Å²) in [6, 6.07) is 0.509. The van der Waals surface area contributed by atoms with Crippen molar-refractivity contribution in [2.45, 2.75) is 45.2 Å². The van der Waals surface area contributed by atoms with E-state index in [1.807, 2.05) is 13.8 Å². The van der Waals surface area contributed by atoms with Crippen LogP contribution in [0.4, 0.5) is 5.82 Å². The summed E-state index contributed by atoms with van der Waals surface area (Å²) in [4.78, 5) is 19.0. The van der Waals surface area contributed by atoms with E-state index < -0.39 is 0 Å². The standard InChI is InChI=1S/C15H24N4O/c1-10(2)19-6-5-17-14(15(19)20)18-8-11-3-4-13(16)7-12(11)9-18/h5-6,10-13H,3-4,7-9,16H2,1-2H3/t11-,12+,13?/m1/s1. The summed E-state index contributed by atoms with van der Waals surface area (Å²) in [7, 11) is 0. The minimum atomic E-state index is 0.0328. The second-order valence-electron chi connectivity index (χ2n) is 6.56. The minimum Gasteiger partial charge on any atom is -0.351 e. The van der Waals surface area contributed by atoms with Crippen LogP contribution in [0.1, 0.15) is 39.2 Å². The van der Waals surface area contributed by atoms with Gasteiger partial charge in [0, 0.05) is 37.6 Å². The molecule has 1 aliphatic carbocycles. The second-order valence-corrected chi connectivity index (χ2v) is 6.56. The van der Waals surface area contributed by atoms with Gasteiger partial charge in [-0.25, -0.2) is 4.98 Å². The summed E-state index contributed by atoms with van der Waals surface area (Å²) in [5.41, 5.74) is 6.10. The Morgan fingerprint density at radius 1 is 1.30 bits per heavy atom. The molecule has 0 amide bonds. The molecule has 3 rings (SSSR count). The molecule has 2 heterocycles. The predicted octanol–water partition coefficient (Wildman–Crippen LogP) is 1.39. The third-order valence-corrected chi connectivity index (χ3v) is 4.80. The third kappa shape index (κ3) is 2.35. The number of aromatic nitrogens is 2. The van der Waals surface area contributed by atoms with E-state index in [9.17, 15) is 4.79 Å². The molecule has 0 aromatic carbocycles. The second kappa shape index (κ2) is 5.20. The lowest BCUT2D eigenvalue weighted by atomic mass is 9.79. The van der Waals surface area contributed by atoms with Crippen LogP contribution in [0.15, 0.2) is 17.2 Å². The van der Waals surface area contributed by atoms with Crippen LogP contribution in [0.3, 0.4) is 0 Å². The molecule has 2 N–H and O–H groups in total. The van der Waals surface area contributed by atoms with Crippen molar-refractivity contribution in [1.82, 2.24) is 9.55 Å². The molecule has 0 bridgehead atoms. The number of hydrogen-bond donors (Lipinski definition) is 1. The van der Waals surface area contributed by atoms with Gasteiger partial charge in [-0.05, 0) is 44.9 Å². The first-order valence-electron chi connectivity index (χ1n) is 7.64. The van der Waals surface area contributed by atoms with Gasteiger partial charge in [0.2, 0.25) is 0 Å². The fourth-order valence-electron chi connectivity index (χ4n) is 3.68. The predicted molar refractivity (Wildman–Crippen MR) is 79.9 cm³/mol. The molecule has 1 saturated carbocycles. The lowest BCUT2D eigenvalue weighted by molar-refractivity contribution is 0.271. The van der Waals surface area contributed by atoms with Crippen molar-refractivity contribution >= 4 is 5.82 Å². The summed E-state index contributed by atoms with van der Waals surface area (Å²) in [5, 5.41) is 0. The zero-order valence-electron chi connectivity index (χ0n) is 12.3. The zero-order valence-corrected chi connectivity index (χ0v) is 12.3. The van der Waals surface area contributed by atoms with Crippen LogP contribution < -0.4 is 16.2 Å². The van der Waals surface area contributed by atoms with Gasteiger partial charge >= 0.3 is 0 Å². The number of rotatable bonds is 2. The molecule has 1 aromatic rings. The van der Waals surface area contributed by atoms with Gasteiger partial charge in [0.05, 0.1) is 0 Å². The first kappa shape index (κ1) is 13.6. The van der Waals surface area contributed by atoms with E-state index >= 15 is 0 Å². The van der Waals surface area contributed by atoms with Crippen molar-refractivity contribution < 1.29 is 0 Å². The van der Waals surface area contributed by atoms with Gasteiger partial charge in [0.15, 0.2) is 5.82 Å². The van der Waals surface area contributed by atoms with Crippen molar-refractivity contribution in [2.75, 3.05) is 18.0 Å². The first-order chi connectivity index (χ1) is 9.56. The van der Waals surface area contributed by atoms with Gasteiger partial charge in [-0.15, -0.1) is 0 Å². The van der Waals surface area contributed by atoms with Crippen molar-refractivity contribution in [3.8, 4) is 0 Å². The molecular weight excluding hydrogens is 252 g/mol. The molecule has 2 fully saturated rings. The van der Waals surface area contributed by atoms with E-state index in [-0.39, 0.29) is 11.6 Å². The Bertz CT molecular complexity index is 539. The summed E-state index contributed by atoms with van der Waals surface area (Å²) in [6.07, 6.45) is 6.91. The molecule has 1 unspecified atom stereocenters. The Morgan fingerprint density at radius 2 is 2.05 bits per heavy atom. The maximum atomic E-state index is 12.5. The van der Waals surface area contributed by atoms with Crippen LogP contribution in [-0.4, -0.2) is 28.7 Å². The molecule has 5 nitrogen and oxygen atoms in total. The molecule has 20 heavy (non-hydrogen) atoms. The van der Waals surface area contributed by atoms with E-state index in [1.54, 1.807) is 17.0 Å². The fourth-order valence-corrected chi connectivity index (χ4v) is 3.68. The topological polar surface area (TPSA) is 64.2 Å². The number of hydrogen-bond acceptors (Lipinski definition) is 4. The van der Waals surface area contributed by atoms with E-state index in [1.165, 1.54) is 6.42 Å². The molecular formula is C15H24N4O. The summed E-state index contributed by atoms with van der Waals surface area (Å²) >= 11 is 0. The first-order valence-corrected chi connectivity index (χ1v) is 7.64. The maximum absolute atomic E-state index is 12.5. The molecule has 1 saturated heterocycles. The van der Waals surface area contributed by atoms with Crippen LogP contribution >= 0.6 is 0 Å². The zero-order chi connectivity index (χ0) is 14.3. The monoisotopic (exact) mass is 276 g/mol. The average molecular weight is 276 g/mol. The summed E-state index contributed by atoms with van der Waals surface area (Å²) in [6.45, 7) is 5.94. The number of anilines is 1. The van der Waals surface area contributed by atoms with E-state index in [0.717, 1.165) is 25.9 Å². The SMILES string of the molecule is CC(C)n1ccnc(N2C[C@H]3CCC(N)C[C@H]3C2)c1=O. The highest BCUT2D eigenvalue weighted by molar-refractivity contribution is 5.38. The van der Waals surface area contributed by atoms with Gasteiger partial charge in [-0.3, -0.25) is 4.79 Å². The van der Waals surface area contributed by atoms with Gasteiger partial charge in [0.1, 0.15) is 0 Å². The third-order valence-electron chi connectivity index (χ3n) is 4.80. The minimum absolute atomic E-state index is 0.0328. The van der Waals surface area contributed by atoms with E-state index in [0.29, 0.717) is 23.7 Å². The molecule has 110 valence electrons. The van der Waals surface area contributed by atoms with E-state index in [2.05, 4.69) is 9.88 Å². The van der Waals surface area contributed by atoms with Crippen LogP contribution in [0.2, 0.25) is 0 Å². The van der Waals surface area contributed by atoms with E-state index in [4.69, 9.17) is 5.73 Å². The van der Waals surface area contributed by atoms with Crippen LogP contribution in [-0.2, 0) is 0 Å². The van der Waals surface area contributed by atoms with Crippen molar-refractivity contribution in [3.63, 3.8) is 0 Å². The highest BCUT2D eigenvalue weighted by Gasteiger charge is 2.38. The highest BCUT2D eigenvalue weighted by atomic mass is 16.1. The van der Waals surface area contributed by atoms with Crippen molar-refractivity contribution in [3.05, 3.63) is 22.7 Å². The summed E-state index contributed by atoms with van der Waals surface area (Å²) < 4.78 is 1.76. The van der Waals surface area contributed by atoms with Crippen LogP contribution in [0.5, 0.6) is 0 Å². The fraction of sp³-hybridized carbons (Fsp3) is 0.733. The number of nitrogens with two attached hydrogens (primary N) is 1. The normalized spacial score (nSPS) is 29.8. The Balaban J connectivity index is 1.85. The molecule has 1 aliphatic heterocycles. The summed E-state index contributed by atoms with van der Waals surface area (Å²) in [5.74, 6) is 1.93. The lowest BCUT2D eigenvalue weighted by Crippen LogP contribution is -2.33. The highest BCUT2D eigenvalue weighted by Crippen LogP contribution is 2.36. The van der Waals surface area contributed by atoms with Crippen LogP contribution in [0.25, 0.3) is 0 Å². The molecule has 1 aromatic heterocycles. The smallest absolute Gasteiger partial charge is 0.293 e. The van der Waals surface area contributed by atoms with Gasteiger partial charge in [0.25, 0.3) is 5.56 Å². The van der Waals surface area contributed by atoms with Crippen molar-refractivity contribution in [1.29, 1.82) is 0 Å². The molecule has 5 heteroatoms. The Labute approximate surface area is 119 Å². The van der Waals surface area contributed by atoms with Crippen LogP contribution in [0, 0.1) is 11.8 Å². The number of nitrogens with zero attached hydrogens (tertiary/aromatic N) is 3. The Kier molecular flexibility index (Phi) is 3.54. The Hall–Kier alpha value is -1.36. The molecule has 2 aliphatic rings. The van der Waals surface area contributed by atoms with Gasteiger partial charge < -0.3 is 15.2 Å². The average Bonchev–Trinajstić information content (AvgIpc) is 2.81. The quantitative estimate of drug-likeness (QED) is 0.886. The number of fused-ring (bicyclic) bond motifs is 1. The van der Waals surface area contributed by atoms with Crippen molar-refractivity contribution in [2.24, 2.45) is 17.6 Å². The Morgan fingerprint density at radius 3 is 2.80 bits per heavy atom. The lowest BCUT2D eigenvalue weighted by Gasteiger charge is -2.27. The molecule has 0 spiro atoms. The largest absolute Gasteiger partial charge is 0.351 e.